The topological polar surface area (TPSA) is 111 Å². The predicted octanol–water partition coefficient (Wildman–Crippen LogP) is -2.20. The molecule has 1 saturated heterocycles. The van der Waals surface area contributed by atoms with Crippen molar-refractivity contribution in [2.75, 3.05) is 26.9 Å². The highest BCUT2D eigenvalue weighted by Crippen LogP contribution is 2.21. The van der Waals surface area contributed by atoms with E-state index in [0.717, 1.165) is 6.42 Å². The monoisotopic (exact) mass is 265 g/mol. The fourth-order valence-corrected chi connectivity index (χ4v) is 2.03. The zero-order valence-corrected chi connectivity index (χ0v) is 10.5. The van der Waals surface area contributed by atoms with Crippen molar-refractivity contribution in [3.05, 3.63) is 0 Å². The summed E-state index contributed by atoms with van der Waals surface area (Å²) in [6, 6.07) is -0.625. The molecule has 5 N–H and O–H groups in total. The summed E-state index contributed by atoms with van der Waals surface area (Å²) in [5.74, 6) is 0. The maximum Gasteiger partial charge on any atom is 0.185 e. The number of aliphatic hydroxyl groups is 4. The molecule has 18 heavy (non-hydrogen) atoms. The Morgan fingerprint density at radius 2 is 1.89 bits per heavy atom. The largest absolute Gasteiger partial charge is 0.396 e. The number of rotatable bonds is 7. The lowest BCUT2D eigenvalue weighted by atomic mass is 9.96. The molecule has 1 heterocycles. The van der Waals surface area contributed by atoms with Crippen LogP contribution in [0.2, 0.25) is 0 Å². The normalized spacial score (nSPS) is 36.8. The minimum atomic E-state index is -1.01. The molecule has 0 aromatic heterocycles. The SMILES string of the molecule is CO[C@H]1O[C@H](CO)[C@@H](O)[C@H](NCCCCO)[C@H]1O. The summed E-state index contributed by atoms with van der Waals surface area (Å²) >= 11 is 0. The average molecular weight is 265 g/mol. The van der Waals surface area contributed by atoms with Crippen LogP contribution in [-0.2, 0) is 9.47 Å². The molecule has 1 rings (SSSR count). The number of methoxy groups -OCH3 is 1. The Hall–Kier alpha value is -0.280. The van der Waals surface area contributed by atoms with Gasteiger partial charge in [-0.1, -0.05) is 0 Å². The molecule has 0 saturated carbocycles. The molecule has 7 nitrogen and oxygen atoms in total. The summed E-state index contributed by atoms with van der Waals surface area (Å²) in [6.07, 6.45) is -2.30. The Labute approximate surface area is 106 Å². The van der Waals surface area contributed by atoms with Crippen LogP contribution in [0.4, 0.5) is 0 Å². The average Bonchev–Trinajstić information content (AvgIpc) is 2.38. The standard InChI is InChI=1S/C11H23NO6/c1-17-11-10(16)8(12-4-2-3-5-13)9(15)7(6-14)18-11/h7-16H,2-6H2,1H3/t7-,8+,9-,10-,11+/m1/s1. The first-order valence-electron chi connectivity index (χ1n) is 6.15. The molecule has 0 spiro atoms. The van der Waals surface area contributed by atoms with Gasteiger partial charge >= 0.3 is 0 Å². The van der Waals surface area contributed by atoms with Gasteiger partial charge in [0.2, 0.25) is 0 Å². The van der Waals surface area contributed by atoms with Crippen LogP contribution >= 0.6 is 0 Å². The summed E-state index contributed by atoms with van der Waals surface area (Å²) in [6.45, 7) is 0.316. The molecule has 108 valence electrons. The van der Waals surface area contributed by atoms with Gasteiger partial charge in [0.15, 0.2) is 6.29 Å². The van der Waals surface area contributed by atoms with Crippen LogP contribution in [0, 0.1) is 0 Å². The first-order chi connectivity index (χ1) is 8.65. The summed E-state index contributed by atoms with van der Waals surface area (Å²) in [4.78, 5) is 0. The van der Waals surface area contributed by atoms with E-state index in [1.165, 1.54) is 7.11 Å². The van der Waals surface area contributed by atoms with Crippen molar-refractivity contribution in [3.63, 3.8) is 0 Å². The third-order valence-electron chi connectivity index (χ3n) is 3.08. The third kappa shape index (κ3) is 3.86. The first kappa shape index (κ1) is 15.8. The van der Waals surface area contributed by atoms with E-state index >= 15 is 0 Å². The zero-order valence-electron chi connectivity index (χ0n) is 10.5. The summed E-state index contributed by atoms with van der Waals surface area (Å²) in [5.41, 5.74) is 0. The number of hydrogen-bond acceptors (Lipinski definition) is 7. The highest BCUT2D eigenvalue weighted by Gasteiger charge is 2.44. The fraction of sp³-hybridized carbons (Fsp3) is 1.00. The van der Waals surface area contributed by atoms with Gasteiger partial charge in [-0.15, -0.1) is 0 Å². The number of unbranched alkanes of at least 4 members (excludes halogenated alkanes) is 1. The van der Waals surface area contributed by atoms with Crippen molar-refractivity contribution in [2.45, 2.75) is 43.5 Å². The quantitative estimate of drug-likeness (QED) is 0.332. The van der Waals surface area contributed by atoms with Crippen LogP contribution in [0.5, 0.6) is 0 Å². The van der Waals surface area contributed by atoms with E-state index in [1.807, 2.05) is 0 Å². The van der Waals surface area contributed by atoms with Crippen molar-refractivity contribution in [1.29, 1.82) is 0 Å². The van der Waals surface area contributed by atoms with E-state index in [0.29, 0.717) is 13.0 Å². The zero-order chi connectivity index (χ0) is 13.5. The number of hydrogen-bond donors (Lipinski definition) is 5. The minimum absolute atomic E-state index is 0.112. The molecule has 0 amide bonds. The number of ether oxygens (including phenoxy) is 2. The molecular weight excluding hydrogens is 242 g/mol. The lowest BCUT2D eigenvalue weighted by molar-refractivity contribution is -0.271. The molecule has 1 fully saturated rings. The molecule has 0 radical (unpaired) electrons. The highest BCUT2D eigenvalue weighted by atomic mass is 16.7. The van der Waals surface area contributed by atoms with Gasteiger partial charge in [0.25, 0.3) is 0 Å². The van der Waals surface area contributed by atoms with Gasteiger partial charge in [0.05, 0.1) is 12.6 Å². The maximum atomic E-state index is 9.97. The number of aliphatic hydroxyl groups excluding tert-OH is 4. The molecule has 0 bridgehead atoms. The molecular formula is C11H23NO6. The van der Waals surface area contributed by atoms with E-state index < -0.39 is 30.6 Å². The van der Waals surface area contributed by atoms with Crippen LogP contribution in [0.1, 0.15) is 12.8 Å². The van der Waals surface area contributed by atoms with E-state index in [2.05, 4.69) is 5.32 Å². The summed E-state index contributed by atoms with van der Waals surface area (Å²) in [7, 11) is 1.39. The molecule has 1 aliphatic heterocycles. The van der Waals surface area contributed by atoms with Gasteiger partial charge in [-0.05, 0) is 19.4 Å². The van der Waals surface area contributed by atoms with Gasteiger partial charge in [0.1, 0.15) is 18.3 Å². The maximum absolute atomic E-state index is 9.97. The van der Waals surface area contributed by atoms with E-state index in [9.17, 15) is 10.2 Å². The van der Waals surface area contributed by atoms with Crippen molar-refractivity contribution in [2.24, 2.45) is 0 Å². The van der Waals surface area contributed by atoms with E-state index in [1.54, 1.807) is 0 Å². The summed E-state index contributed by atoms with van der Waals surface area (Å²) in [5, 5.41) is 40.7. The van der Waals surface area contributed by atoms with Crippen LogP contribution < -0.4 is 5.32 Å². The summed E-state index contributed by atoms with van der Waals surface area (Å²) < 4.78 is 10.2. The molecule has 0 unspecified atom stereocenters. The second-order valence-electron chi connectivity index (χ2n) is 4.35. The molecule has 7 heteroatoms. The smallest absolute Gasteiger partial charge is 0.185 e. The fourth-order valence-electron chi connectivity index (χ4n) is 2.03. The van der Waals surface area contributed by atoms with Crippen molar-refractivity contribution in [3.8, 4) is 0 Å². The lowest BCUT2D eigenvalue weighted by Crippen LogP contribution is -2.64. The molecule has 0 aromatic carbocycles. The van der Waals surface area contributed by atoms with Crippen LogP contribution in [0.3, 0.4) is 0 Å². The second-order valence-corrected chi connectivity index (χ2v) is 4.35. The molecule has 0 aliphatic carbocycles. The van der Waals surface area contributed by atoms with Gasteiger partial charge in [-0.2, -0.15) is 0 Å². The van der Waals surface area contributed by atoms with Crippen LogP contribution in [0.25, 0.3) is 0 Å². The van der Waals surface area contributed by atoms with Crippen LogP contribution in [-0.4, -0.2) is 77.9 Å². The third-order valence-corrected chi connectivity index (χ3v) is 3.08. The van der Waals surface area contributed by atoms with Crippen molar-refractivity contribution in [1.82, 2.24) is 5.32 Å². The van der Waals surface area contributed by atoms with Crippen LogP contribution in [0.15, 0.2) is 0 Å². The Bertz CT molecular complexity index is 214. The second kappa shape index (κ2) is 8.00. The van der Waals surface area contributed by atoms with Gasteiger partial charge in [-0.3, -0.25) is 0 Å². The van der Waals surface area contributed by atoms with Gasteiger partial charge < -0.3 is 35.2 Å². The Kier molecular flexibility index (Phi) is 7.02. The predicted molar refractivity (Wildman–Crippen MR) is 62.9 cm³/mol. The molecule has 5 atom stereocenters. The Balaban J connectivity index is 2.54. The molecule has 1 aliphatic rings. The van der Waals surface area contributed by atoms with Gasteiger partial charge in [0, 0.05) is 13.7 Å². The van der Waals surface area contributed by atoms with E-state index in [4.69, 9.17) is 19.7 Å². The highest BCUT2D eigenvalue weighted by molar-refractivity contribution is 4.93. The minimum Gasteiger partial charge on any atom is -0.396 e. The lowest BCUT2D eigenvalue weighted by Gasteiger charge is -2.42. The Morgan fingerprint density at radius 3 is 2.44 bits per heavy atom. The first-order valence-corrected chi connectivity index (χ1v) is 6.15. The van der Waals surface area contributed by atoms with Gasteiger partial charge in [-0.25, -0.2) is 0 Å². The van der Waals surface area contributed by atoms with Crippen molar-refractivity contribution < 1.29 is 29.9 Å². The van der Waals surface area contributed by atoms with Crippen molar-refractivity contribution >= 4 is 0 Å². The molecule has 0 aromatic rings. The Morgan fingerprint density at radius 1 is 1.17 bits per heavy atom. The number of nitrogens with one attached hydrogen (secondary N) is 1. The van der Waals surface area contributed by atoms with E-state index in [-0.39, 0.29) is 13.2 Å².